The minimum Gasteiger partial charge on any atom is -0.490 e. The number of anilines is 1. The molecule has 1 N–H and O–H groups in total. The predicted octanol–water partition coefficient (Wildman–Crippen LogP) is 4.25. The summed E-state index contributed by atoms with van der Waals surface area (Å²) in [7, 11) is 0. The molecule has 25 heavy (non-hydrogen) atoms. The van der Waals surface area contributed by atoms with E-state index in [4.69, 9.17) is 4.74 Å². The molecule has 2 aromatic carbocycles. The van der Waals surface area contributed by atoms with Crippen LogP contribution in [0.25, 0.3) is 0 Å². The maximum Gasteiger partial charge on any atom is 0.255 e. The molecule has 2 aromatic rings. The molecule has 134 valence electrons. The molecule has 0 radical (unpaired) electrons. The Morgan fingerprint density at radius 3 is 2.28 bits per heavy atom. The number of nitrogens with zero attached hydrogens (tertiary/aromatic N) is 1. The summed E-state index contributed by atoms with van der Waals surface area (Å²) in [6.45, 7) is 10.7. The molecule has 0 aliphatic carbocycles. The van der Waals surface area contributed by atoms with Gasteiger partial charge < -0.3 is 15.0 Å². The summed E-state index contributed by atoms with van der Waals surface area (Å²) in [5.41, 5.74) is 2.85. The van der Waals surface area contributed by atoms with Crippen LogP contribution in [0.3, 0.4) is 0 Å². The molecule has 0 saturated heterocycles. The highest BCUT2D eigenvalue weighted by atomic mass is 16.5. The lowest BCUT2D eigenvalue weighted by atomic mass is 10.1. The number of hydrogen-bond donors (Lipinski definition) is 1. The van der Waals surface area contributed by atoms with E-state index in [1.165, 1.54) is 5.69 Å². The number of benzene rings is 2. The highest BCUT2D eigenvalue weighted by Crippen LogP contribution is 2.20. The van der Waals surface area contributed by atoms with Gasteiger partial charge in [0.05, 0.1) is 11.7 Å². The molecule has 0 fully saturated rings. The molecule has 0 bridgehead atoms. The first-order valence-corrected chi connectivity index (χ1v) is 8.92. The summed E-state index contributed by atoms with van der Waals surface area (Å²) in [6, 6.07) is 15.7. The van der Waals surface area contributed by atoms with Gasteiger partial charge in [0.15, 0.2) is 0 Å². The quantitative estimate of drug-likeness (QED) is 0.781. The third kappa shape index (κ3) is 5.24. The second-order valence-electron chi connectivity index (χ2n) is 6.18. The van der Waals surface area contributed by atoms with Crippen LogP contribution >= 0.6 is 0 Å². The number of hydrogen-bond acceptors (Lipinski definition) is 3. The highest BCUT2D eigenvalue weighted by molar-refractivity contribution is 5.96. The van der Waals surface area contributed by atoms with Crippen molar-refractivity contribution in [3.63, 3.8) is 0 Å². The number of carbonyl (C=O) groups is 1. The Morgan fingerprint density at radius 2 is 1.68 bits per heavy atom. The second-order valence-corrected chi connectivity index (χ2v) is 6.18. The van der Waals surface area contributed by atoms with Crippen molar-refractivity contribution in [2.75, 3.05) is 18.0 Å². The van der Waals surface area contributed by atoms with Crippen LogP contribution < -0.4 is 15.0 Å². The molecule has 0 atom stereocenters. The minimum absolute atomic E-state index is 0.0292. The predicted molar refractivity (Wildman–Crippen MR) is 103 cm³/mol. The smallest absolute Gasteiger partial charge is 0.255 e. The lowest BCUT2D eigenvalue weighted by molar-refractivity contribution is 0.0945. The Labute approximate surface area is 150 Å². The summed E-state index contributed by atoms with van der Waals surface area (Å²) in [5.74, 6) is 0.496. The van der Waals surface area contributed by atoms with E-state index in [0.29, 0.717) is 17.9 Å². The average Bonchev–Trinajstić information content (AvgIpc) is 2.62. The SMILES string of the molecule is CCN(CC)c1ccc(CNC(=O)c2ccccc2OC(C)C)cc1. The maximum absolute atomic E-state index is 12.5. The van der Waals surface area contributed by atoms with Crippen LogP contribution in [-0.2, 0) is 6.54 Å². The van der Waals surface area contributed by atoms with Crippen molar-refractivity contribution in [3.8, 4) is 5.75 Å². The van der Waals surface area contributed by atoms with Crippen molar-refractivity contribution < 1.29 is 9.53 Å². The topological polar surface area (TPSA) is 41.6 Å². The first kappa shape index (κ1) is 18.8. The van der Waals surface area contributed by atoms with E-state index in [-0.39, 0.29) is 12.0 Å². The summed E-state index contributed by atoms with van der Waals surface area (Å²) >= 11 is 0. The Morgan fingerprint density at radius 1 is 1.04 bits per heavy atom. The number of ether oxygens (including phenoxy) is 1. The van der Waals surface area contributed by atoms with Crippen molar-refractivity contribution in [2.24, 2.45) is 0 Å². The Balaban J connectivity index is 2.01. The van der Waals surface area contributed by atoms with Gasteiger partial charge in [0.2, 0.25) is 0 Å². The van der Waals surface area contributed by atoms with E-state index in [2.05, 4.69) is 48.3 Å². The molecule has 0 spiro atoms. The van der Waals surface area contributed by atoms with E-state index < -0.39 is 0 Å². The first-order chi connectivity index (χ1) is 12.0. The maximum atomic E-state index is 12.5. The molecule has 0 saturated carbocycles. The standard InChI is InChI=1S/C21H28N2O2/c1-5-23(6-2)18-13-11-17(12-14-18)15-22-21(24)19-9-7-8-10-20(19)25-16(3)4/h7-14,16H,5-6,15H2,1-4H3,(H,22,24). The monoisotopic (exact) mass is 340 g/mol. The normalized spacial score (nSPS) is 10.6. The van der Waals surface area contributed by atoms with Crippen LogP contribution in [-0.4, -0.2) is 25.1 Å². The fourth-order valence-electron chi connectivity index (χ4n) is 2.70. The van der Waals surface area contributed by atoms with Crippen LogP contribution in [0.15, 0.2) is 48.5 Å². The zero-order chi connectivity index (χ0) is 18.2. The van der Waals surface area contributed by atoms with Gasteiger partial charge in [-0.25, -0.2) is 0 Å². The number of para-hydroxylation sites is 1. The van der Waals surface area contributed by atoms with Crippen LogP contribution in [0.5, 0.6) is 5.75 Å². The lowest BCUT2D eigenvalue weighted by Gasteiger charge is -2.21. The molecule has 4 nitrogen and oxygen atoms in total. The molecule has 0 aliphatic heterocycles. The number of nitrogens with one attached hydrogen (secondary N) is 1. The average molecular weight is 340 g/mol. The van der Waals surface area contributed by atoms with E-state index >= 15 is 0 Å². The van der Waals surface area contributed by atoms with Crippen LogP contribution in [0.1, 0.15) is 43.6 Å². The van der Waals surface area contributed by atoms with Gasteiger partial charge in [-0.2, -0.15) is 0 Å². The van der Waals surface area contributed by atoms with Gasteiger partial charge in [0, 0.05) is 25.3 Å². The Kier molecular flexibility index (Phi) is 6.87. The van der Waals surface area contributed by atoms with Gasteiger partial charge in [-0.05, 0) is 57.5 Å². The van der Waals surface area contributed by atoms with Crippen molar-refractivity contribution in [1.29, 1.82) is 0 Å². The number of rotatable bonds is 8. The molecule has 1 amide bonds. The van der Waals surface area contributed by atoms with Gasteiger partial charge in [-0.15, -0.1) is 0 Å². The summed E-state index contributed by atoms with van der Waals surface area (Å²) in [4.78, 5) is 14.8. The third-order valence-electron chi connectivity index (χ3n) is 4.01. The summed E-state index contributed by atoms with van der Waals surface area (Å²) in [5, 5.41) is 2.97. The lowest BCUT2D eigenvalue weighted by Crippen LogP contribution is -2.24. The Bertz CT molecular complexity index is 677. The molecule has 0 aromatic heterocycles. The summed E-state index contributed by atoms with van der Waals surface area (Å²) in [6.07, 6.45) is 0.0292. The van der Waals surface area contributed by atoms with Crippen molar-refractivity contribution in [1.82, 2.24) is 5.32 Å². The van der Waals surface area contributed by atoms with Gasteiger partial charge >= 0.3 is 0 Å². The molecular formula is C21H28N2O2. The van der Waals surface area contributed by atoms with Crippen molar-refractivity contribution in [3.05, 3.63) is 59.7 Å². The van der Waals surface area contributed by atoms with Gasteiger partial charge in [-0.3, -0.25) is 4.79 Å². The zero-order valence-corrected chi connectivity index (χ0v) is 15.6. The van der Waals surface area contributed by atoms with Crippen LogP contribution in [0, 0.1) is 0 Å². The van der Waals surface area contributed by atoms with Gasteiger partial charge in [-0.1, -0.05) is 24.3 Å². The van der Waals surface area contributed by atoms with Gasteiger partial charge in [0.25, 0.3) is 5.91 Å². The van der Waals surface area contributed by atoms with Crippen molar-refractivity contribution >= 4 is 11.6 Å². The largest absolute Gasteiger partial charge is 0.490 e. The van der Waals surface area contributed by atoms with Crippen molar-refractivity contribution in [2.45, 2.75) is 40.3 Å². The fourth-order valence-corrected chi connectivity index (χ4v) is 2.70. The molecule has 0 unspecified atom stereocenters. The molecule has 2 rings (SSSR count). The number of carbonyl (C=O) groups excluding carboxylic acids is 1. The molecule has 4 heteroatoms. The second kappa shape index (κ2) is 9.11. The molecule has 0 aliphatic rings. The highest BCUT2D eigenvalue weighted by Gasteiger charge is 2.12. The van der Waals surface area contributed by atoms with Crippen LogP contribution in [0.2, 0.25) is 0 Å². The minimum atomic E-state index is -0.121. The van der Waals surface area contributed by atoms with E-state index in [0.717, 1.165) is 18.7 Å². The zero-order valence-electron chi connectivity index (χ0n) is 15.6. The molecule has 0 heterocycles. The molecular weight excluding hydrogens is 312 g/mol. The van der Waals surface area contributed by atoms with E-state index in [1.807, 2.05) is 32.0 Å². The third-order valence-corrected chi connectivity index (χ3v) is 4.01. The van der Waals surface area contributed by atoms with E-state index in [9.17, 15) is 4.79 Å². The Hall–Kier alpha value is -2.49. The first-order valence-electron chi connectivity index (χ1n) is 8.92. The fraction of sp³-hybridized carbons (Fsp3) is 0.381. The summed E-state index contributed by atoms with van der Waals surface area (Å²) < 4.78 is 5.72. The van der Waals surface area contributed by atoms with Gasteiger partial charge in [0.1, 0.15) is 5.75 Å². The van der Waals surface area contributed by atoms with E-state index in [1.54, 1.807) is 6.07 Å². The van der Waals surface area contributed by atoms with Crippen LogP contribution in [0.4, 0.5) is 5.69 Å². The number of amides is 1.